The topological polar surface area (TPSA) is 112 Å². The van der Waals surface area contributed by atoms with E-state index in [0.29, 0.717) is 36.9 Å². The molecule has 0 radical (unpaired) electrons. The molecule has 2 aromatic carbocycles. The Morgan fingerprint density at radius 1 is 1.23 bits per heavy atom. The van der Waals surface area contributed by atoms with Gasteiger partial charge in [-0.15, -0.1) is 0 Å². The van der Waals surface area contributed by atoms with Crippen molar-refractivity contribution in [3.63, 3.8) is 0 Å². The Kier molecular flexibility index (Phi) is 11.9. The zero-order chi connectivity index (χ0) is 28.4. The van der Waals surface area contributed by atoms with Gasteiger partial charge in [-0.05, 0) is 76.7 Å². The van der Waals surface area contributed by atoms with Gasteiger partial charge in [0.1, 0.15) is 5.75 Å². The van der Waals surface area contributed by atoms with E-state index in [1.165, 1.54) is 0 Å². The molecule has 1 fully saturated rings. The summed E-state index contributed by atoms with van der Waals surface area (Å²) >= 11 is 3.49. The highest BCUT2D eigenvalue weighted by atomic mass is 79.9. The number of anilines is 2. The van der Waals surface area contributed by atoms with Gasteiger partial charge in [-0.2, -0.15) is 0 Å². The summed E-state index contributed by atoms with van der Waals surface area (Å²) in [5.74, 6) is 0.705. The number of nitrogens with two attached hydrogens (primary N) is 1. The summed E-state index contributed by atoms with van der Waals surface area (Å²) in [7, 11) is 3.56. The van der Waals surface area contributed by atoms with Gasteiger partial charge in [0.05, 0.1) is 12.8 Å². The fourth-order valence-corrected chi connectivity index (χ4v) is 5.39. The average molecular weight is 604 g/mol. The number of hydrogen-bond donors (Lipinski definition) is 4. The average Bonchev–Trinajstić information content (AvgIpc) is 2.94. The number of methoxy groups -OCH3 is 1. The van der Waals surface area contributed by atoms with E-state index < -0.39 is 0 Å². The van der Waals surface area contributed by atoms with Gasteiger partial charge in [0.15, 0.2) is 0 Å². The molecule has 2 aromatic rings. The van der Waals surface area contributed by atoms with E-state index >= 15 is 0 Å². The number of rotatable bonds is 14. The number of carbonyl (C=O) groups excluding carboxylic acids is 2. The molecule has 0 spiro atoms. The summed E-state index contributed by atoms with van der Waals surface area (Å²) in [6.07, 6.45) is 3.58. The van der Waals surface area contributed by atoms with Crippen LogP contribution in [0, 0.1) is 0 Å². The predicted molar refractivity (Wildman–Crippen MR) is 161 cm³/mol. The molecule has 0 saturated carbocycles. The molecule has 9 nitrogen and oxygen atoms in total. The van der Waals surface area contributed by atoms with Crippen molar-refractivity contribution >= 4 is 39.6 Å². The normalized spacial score (nSPS) is 14.3. The van der Waals surface area contributed by atoms with Crippen molar-refractivity contribution in [2.75, 3.05) is 57.9 Å². The van der Waals surface area contributed by atoms with Crippen LogP contribution in [0.2, 0.25) is 0 Å². The first-order chi connectivity index (χ1) is 18.7. The van der Waals surface area contributed by atoms with Gasteiger partial charge in [0.2, 0.25) is 6.41 Å². The molecule has 0 bridgehead atoms. The number of likely N-dealkylation sites (tertiary alicyclic amines) is 1. The first kappa shape index (κ1) is 30.7. The lowest BCUT2D eigenvalue weighted by Gasteiger charge is -2.37. The number of ether oxygens (including phenoxy) is 1. The van der Waals surface area contributed by atoms with Crippen LogP contribution in [0.25, 0.3) is 0 Å². The van der Waals surface area contributed by atoms with Crippen molar-refractivity contribution in [1.82, 2.24) is 20.4 Å². The maximum Gasteiger partial charge on any atom is 0.251 e. The second kappa shape index (κ2) is 15.1. The van der Waals surface area contributed by atoms with Crippen LogP contribution in [0.3, 0.4) is 0 Å². The lowest BCUT2D eigenvalue weighted by Crippen LogP contribution is -2.46. The van der Waals surface area contributed by atoms with Crippen molar-refractivity contribution < 1.29 is 14.3 Å². The first-order valence-electron chi connectivity index (χ1n) is 13.6. The van der Waals surface area contributed by atoms with Crippen LogP contribution in [0.1, 0.15) is 48.2 Å². The molecule has 0 aromatic heterocycles. The molecular formula is C29H43BrN6O3. The Morgan fingerprint density at radius 2 is 1.97 bits per heavy atom. The number of nitrogens with zero attached hydrogens (tertiary/aromatic N) is 2. The molecule has 0 atom stereocenters. The van der Waals surface area contributed by atoms with Crippen LogP contribution in [-0.2, 0) is 17.8 Å². The smallest absolute Gasteiger partial charge is 0.251 e. The highest BCUT2D eigenvalue weighted by molar-refractivity contribution is 9.10. The predicted octanol–water partition coefficient (Wildman–Crippen LogP) is 3.47. The van der Waals surface area contributed by atoms with Gasteiger partial charge in [0.25, 0.3) is 5.91 Å². The summed E-state index contributed by atoms with van der Waals surface area (Å²) in [6, 6.07) is 10.1. The minimum absolute atomic E-state index is 0.109. The summed E-state index contributed by atoms with van der Waals surface area (Å²) in [5.41, 5.74) is 10.5. The van der Waals surface area contributed by atoms with Gasteiger partial charge in [-0.25, -0.2) is 0 Å². The zero-order valence-electron chi connectivity index (χ0n) is 23.6. The molecule has 1 aliphatic rings. The second-order valence-corrected chi connectivity index (χ2v) is 11.1. The summed E-state index contributed by atoms with van der Waals surface area (Å²) in [5, 5.41) is 9.61. The van der Waals surface area contributed by atoms with Crippen LogP contribution in [-0.4, -0.2) is 81.1 Å². The monoisotopic (exact) mass is 602 g/mol. The molecule has 2 amide bonds. The molecule has 3 rings (SSSR count). The summed E-state index contributed by atoms with van der Waals surface area (Å²) < 4.78 is 6.10. The summed E-state index contributed by atoms with van der Waals surface area (Å²) in [6.45, 7) is 8.53. The Morgan fingerprint density at radius 3 is 2.62 bits per heavy atom. The van der Waals surface area contributed by atoms with E-state index in [9.17, 15) is 9.59 Å². The SMILES string of the molecule is CNc1ccc(OC)cc1CCN(C=O)C1CCN(CCNC(=O)c2cc(Br)c(N)c(CNC(C)C)c2)CC1. The minimum atomic E-state index is -0.109. The highest BCUT2D eigenvalue weighted by Crippen LogP contribution is 2.26. The van der Waals surface area contributed by atoms with Gasteiger partial charge < -0.3 is 36.2 Å². The zero-order valence-corrected chi connectivity index (χ0v) is 25.1. The van der Waals surface area contributed by atoms with Crippen LogP contribution in [0.4, 0.5) is 11.4 Å². The van der Waals surface area contributed by atoms with Crippen LogP contribution in [0.5, 0.6) is 5.75 Å². The molecule has 0 unspecified atom stereocenters. The van der Waals surface area contributed by atoms with E-state index in [1.807, 2.05) is 36.2 Å². The number of amides is 2. The molecule has 214 valence electrons. The Balaban J connectivity index is 1.45. The fourth-order valence-electron chi connectivity index (χ4n) is 4.89. The maximum absolute atomic E-state index is 12.8. The van der Waals surface area contributed by atoms with Crippen molar-refractivity contribution in [3.05, 3.63) is 51.5 Å². The van der Waals surface area contributed by atoms with Crippen molar-refractivity contribution in [2.24, 2.45) is 0 Å². The number of hydrogen-bond acceptors (Lipinski definition) is 7. The van der Waals surface area contributed by atoms with E-state index in [4.69, 9.17) is 10.5 Å². The van der Waals surface area contributed by atoms with Crippen molar-refractivity contribution in [1.29, 1.82) is 0 Å². The quantitative estimate of drug-likeness (QED) is 0.193. The number of piperidine rings is 1. The van der Waals surface area contributed by atoms with Gasteiger partial charge >= 0.3 is 0 Å². The first-order valence-corrected chi connectivity index (χ1v) is 14.4. The number of carbonyl (C=O) groups is 2. The highest BCUT2D eigenvalue weighted by Gasteiger charge is 2.24. The van der Waals surface area contributed by atoms with E-state index in [-0.39, 0.29) is 11.9 Å². The number of nitrogens with one attached hydrogen (secondary N) is 3. The molecule has 1 saturated heterocycles. The van der Waals surface area contributed by atoms with Crippen LogP contribution < -0.4 is 26.4 Å². The van der Waals surface area contributed by atoms with Gasteiger partial charge in [0, 0.05) is 74.1 Å². The summed E-state index contributed by atoms with van der Waals surface area (Å²) in [4.78, 5) is 29.0. The largest absolute Gasteiger partial charge is 0.497 e. The van der Waals surface area contributed by atoms with Crippen molar-refractivity contribution in [3.8, 4) is 5.75 Å². The molecule has 0 aliphatic carbocycles. The van der Waals surface area contributed by atoms with Gasteiger partial charge in [-0.1, -0.05) is 13.8 Å². The van der Waals surface area contributed by atoms with Gasteiger partial charge in [-0.3, -0.25) is 9.59 Å². The van der Waals surface area contributed by atoms with E-state index in [0.717, 1.165) is 72.3 Å². The Hall–Kier alpha value is -2.82. The molecule has 39 heavy (non-hydrogen) atoms. The molecule has 10 heteroatoms. The standard InChI is InChI=1S/C29H43BrN6O3/c1-20(2)34-18-23-15-22(17-26(30)28(23)31)29(38)33-10-14-35-11-8-24(9-12-35)36(19-37)13-7-21-16-25(39-4)5-6-27(21)32-3/h5-6,15-17,19-20,24,32,34H,7-14,18,31H2,1-4H3,(H,33,38). The van der Waals surface area contributed by atoms with Crippen molar-refractivity contribution in [2.45, 2.75) is 51.7 Å². The Labute approximate surface area is 240 Å². The third kappa shape index (κ3) is 8.84. The molecule has 1 heterocycles. The minimum Gasteiger partial charge on any atom is -0.497 e. The second-order valence-electron chi connectivity index (χ2n) is 10.3. The Bertz CT molecular complexity index is 1100. The maximum atomic E-state index is 12.8. The number of benzene rings is 2. The van der Waals surface area contributed by atoms with Crippen LogP contribution in [0.15, 0.2) is 34.8 Å². The lowest BCUT2D eigenvalue weighted by atomic mass is 10.0. The molecule has 1 aliphatic heterocycles. The third-order valence-corrected chi connectivity index (χ3v) is 7.93. The van der Waals surface area contributed by atoms with E-state index in [1.54, 1.807) is 13.2 Å². The molecule has 5 N–H and O–H groups in total. The van der Waals surface area contributed by atoms with E-state index in [2.05, 4.69) is 50.6 Å². The fraction of sp³-hybridized carbons (Fsp3) is 0.517. The molecular weight excluding hydrogens is 560 g/mol. The number of nitrogen functional groups attached to an aromatic ring is 1. The lowest BCUT2D eigenvalue weighted by molar-refractivity contribution is -0.121. The number of halogens is 1. The third-order valence-electron chi connectivity index (χ3n) is 7.27. The van der Waals surface area contributed by atoms with Crippen LogP contribution >= 0.6 is 15.9 Å².